The van der Waals surface area contributed by atoms with Crippen LogP contribution in [0.3, 0.4) is 0 Å². The summed E-state index contributed by atoms with van der Waals surface area (Å²) in [4.78, 5) is 0. The van der Waals surface area contributed by atoms with Crippen LogP contribution in [0.4, 0.5) is 11.4 Å². The zero-order chi connectivity index (χ0) is 13.5. The first-order valence-corrected chi connectivity index (χ1v) is 7.20. The lowest BCUT2D eigenvalue weighted by molar-refractivity contribution is 0.425. The highest BCUT2D eigenvalue weighted by molar-refractivity contribution is 5.59. The van der Waals surface area contributed by atoms with E-state index in [1.165, 1.54) is 16.8 Å². The van der Waals surface area contributed by atoms with E-state index < -0.39 is 0 Å². The molecule has 20 heavy (non-hydrogen) atoms. The number of para-hydroxylation sites is 1. The van der Waals surface area contributed by atoms with Crippen molar-refractivity contribution < 1.29 is 0 Å². The number of benzene rings is 2. The lowest BCUT2D eigenvalue weighted by Gasteiger charge is -2.37. The number of hydrogen-bond acceptors (Lipinski definition) is 2. The molecule has 2 heteroatoms. The van der Waals surface area contributed by atoms with Gasteiger partial charge in [0, 0.05) is 17.3 Å². The lowest BCUT2D eigenvalue weighted by Crippen LogP contribution is -2.28. The third-order valence-corrected chi connectivity index (χ3v) is 4.57. The fourth-order valence-electron chi connectivity index (χ4n) is 3.58. The highest BCUT2D eigenvalue weighted by atomic mass is 15.0. The van der Waals surface area contributed by atoms with Gasteiger partial charge in [0.1, 0.15) is 0 Å². The molecule has 1 aliphatic carbocycles. The Morgan fingerprint density at radius 2 is 1.80 bits per heavy atom. The molecule has 0 unspecified atom stereocenters. The fraction of sp³-hybridized carbons (Fsp3) is 0.222. The molecule has 3 atom stereocenters. The SMILES string of the molecule is Nc1ccc([C@@H]2Nc3ccccc3[C@@H]3C=CC[C@H]32)cc1. The van der Waals surface area contributed by atoms with Gasteiger partial charge in [-0.1, -0.05) is 42.5 Å². The molecule has 0 amide bonds. The maximum atomic E-state index is 5.81. The normalized spacial score (nSPS) is 26.7. The zero-order valence-corrected chi connectivity index (χ0v) is 11.3. The van der Waals surface area contributed by atoms with Crippen LogP contribution in [0, 0.1) is 5.92 Å². The van der Waals surface area contributed by atoms with Gasteiger partial charge in [-0.2, -0.15) is 0 Å². The number of rotatable bonds is 1. The third kappa shape index (κ3) is 1.72. The van der Waals surface area contributed by atoms with Gasteiger partial charge in [-0.15, -0.1) is 0 Å². The Balaban J connectivity index is 1.77. The lowest BCUT2D eigenvalue weighted by atomic mass is 9.77. The molecule has 0 spiro atoms. The van der Waals surface area contributed by atoms with Crippen molar-refractivity contribution in [2.45, 2.75) is 18.4 Å². The summed E-state index contributed by atoms with van der Waals surface area (Å²) in [5.74, 6) is 1.14. The van der Waals surface area contributed by atoms with Gasteiger partial charge in [-0.05, 0) is 41.7 Å². The van der Waals surface area contributed by atoms with Crippen LogP contribution in [0.15, 0.2) is 60.7 Å². The topological polar surface area (TPSA) is 38.0 Å². The van der Waals surface area contributed by atoms with E-state index in [4.69, 9.17) is 5.73 Å². The van der Waals surface area contributed by atoms with E-state index in [2.05, 4.69) is 53.9 Å². The maximum absolute atomic E-state index is 5.81. The van der Waals surface area contributed by atoms with Crippen LogP contribution in [0.5, 0.6) is 0 Å². The van der Waals surface area contributed by atoms with Crippen molar-refractivity contribution in [3.05, 3.63) is 71.8 Å². The van der Waals surface area contributed by atoms with Crippen LogP contribution >= 0.6 is 0 Å². The van der Waals surface area contributed by atoms with Gasteiger partial charge >= 0.3 is 0 Å². The van der Waals surface area contributed by atoms with E-state index in [-0.39, 0.29) is 0 Å². The molecule has 1 heterocycles. The summed E-state index contributed by atoms with van der Waals surface area (Å²) in [5, 5.41) is 3.72. The molecule has 0 saturated heterocycles. The third-order valence-electron chi connectivity index (χ3n) is 4.57. The van der Waals surface area contributed by atoms with Crippen molar-refractivity contribution in [1.82, 2.24) is 0 Å². The summed E-state index contributed by atoms with van der Waals surface area (Å²) in [7, 11) is 0. The second-order valence-electron chi connectivity index (χ2n) is 5.73. The molecule has 0 fully saturated rings. The van der Waals surface area contributed by atoms with Crippen LogP contribution < -0.4 is 11.1 Å². The summed E-state index contributed by atoms with van der Waals surface area (Å²) < 4.78 is 0. The molecule has 4 rings (SSSR count). The number of hydrogen-bond donors (Lipinski definition) is 2. The number of allylic oxidation sites excluding steroid dienone is 2. The summed E-state index contributed by atoms with van der Waals surface area (Å²) in [6, 6.07) is 17.3. The summed E-state index contributed by atoms with van der Waals surface area (Å²) in [6.07, 6.45) is 5.83. The maximum Gasteiger partial charge on any atom is 0.0553 e. The van der Waals surface area contributed by atoms with Crippen LogP contribution in [0.2, 0.25) is 0 Å². The van der Waals surface area contributed by atoms with Crippen molar-refractivity contribution >= 4 is 11.4 Å². The van der Waals surface area contributed by atoms with Crippen molar-refractivity contribution in [2.24, 2.45) is 5.92 Å². The van der Waals surface area contributed by atoms with Crippen LogP contribution in [0.1, 0.15) is 29.5 Å². The highest BCUT2D eigenvalue weighted by Gasteiger charge is 2.37. The Kier molecular flexibility index (Phi) is 2.56. The van der Waals surface area contributed by atoms with Crippen molar-refractivity contribution in [2.75, 3.05) is 11.1 Å². The number of nitrogens with two attached hydrogens (primary N) is 1. The van der Waals surface area contributed by atoms with Crippen LogP contribution in [-0.2, 0) is 0 Å². The molecule has 1 aliphatic heterocycles. The minimum Gasteiger partial charge on any atom is -0.399 e. The van der Waals surface area contributed by atoms with Gasteiger partial charge in [0.15, 0.2) is 0 Å². The van der Waals surface area contributed by atoms with E-state index in [0.29, 0.717) is 17.9 Å². The second-order valence-corrected chi connectivity index (χ2v) is 5.73. The molecule has 2 aliphatic rings. The number of nitrogens with one attached hydrogen (secondary N) is 1. The molecule has 0 saturated carbocycles. The predicted molar refractivity (Wildman–Crippen MR) is 83.6 cm³/mol. The van der Waals surface area contributed by atoms with Crippen molar-refractivity contribution in [3.8, 4) is 0 Å². The average molecular weight is 262 g/mol. The molecule has 0 bridgehead atoms. The molecular formula is C18H18N2. The molecule has 0 aromatic heterocycles. The van der Waals surface area contributed by atoms with Crippen molar-refractivity contribution in [1.29, 1.82) is 0 Å². The Morgan fingerprint density at radius 1 is 1.00 bits per heavy atom. The average Bonchev–Trinajstić information content (AvgIpc) is 2.97. The number of anilines is 2. The van der Waals surface area contributed by atoms with Gasteiger partial charge in [0.25, 0.3) is 0 Å². The van der Waals surface area contributed by atoms with Crippen LogP contribution in [-0.4, -0.2) is 0 Å². The van der Waals surface area contributed by atoms with Gasteiger partial charge in [-0.25, -0.2) is 0 Å². The van der Waals surface area contributed by atoms with Gasteiger partial charge in [0.05, 0.1) is 6.04 Å². The van der Waals surface area contributed by atoms with Gasteiger partial charge in [-0.3, -0.25) is 0 Å². The summed E-state index contributed by atoms with van der Waals surface area (Å²) >= 11 is 0. The largest absolute Gasteiger partial charge is 0.399 e. The Morgan fingerprint density at radius 3 is 2.65 bits per heavy atom. The number of nitrogen functional groups attached to an aromatic ring is 1. The first-order chi connectivity index (χ1) is 9.83. The van der Waals surface area contributed by atoms with E-state index in [9.17, 15) is 0 Å². The minimum absolute atomic E-state index is 0.366. The number of fused-ring (bicyclic) bond motifs is 3. The molecule has 2 nitrogen and oxygen atoms in total. The van der Waals surface area contributed by atoms with E-state index >= 15 is 0 Å². The first-order valence-electron chi connectivity index (χ1n) is 7.20. The molecule has 2 aromatic carbocycles. The molecule has 2 aromatic rings. The Labute approximate surface area is 119 Å². The predicted octanol–water partition coefficient (Wildman–Crippen LogP) is 4.10. The van der Waals surface area contributed by atoms with Crippen molar-refractivity contribution in [3.63, 3.8) is 0 Å². The smallest absolute Gasteiger partial charge is 0.0553 e. The van der Waals surface area contributed by atoms with E-state index in [1.807, 2.05) is 12.1 Å². The second kappa shape index (κ2) is 4.41. The molecular weight excluding hydrogens is 244 g/mol. The zero-order valence-electron chi connectivity index (χ0n) is 11.3. The van der Waals surface area contributed by atoms with Gasteiger partial charge in [0.2, 0.25) is 0 Å². The van der Waals surface area contributed by atoms with Gasteiger partial charge < -0.3 is 11.1 Å². The van der Waals surface area contributed by atoms with E-state index in [1.54, 1.807) is 0 Å². The van der Waals surface area contributed by atoms with E-state index in [0.717, 1.165) is 12.1 Å². The highest BCUT2D eigenvalue weighted by Crippen LogP contribution is 2.49. The molecule has 0 radical (unpaired) electrons. The first kappa shape index (κ1) is 11.6. The monoisotopic (exact) mass is 262 g/mol. The molecule has 100 valence electrons. The summed E-state index contributed by atoms with van der Waals surface area (Å²) in [5.41, 5.74) is 10.7. The quantitative estimate of drug-likeness (QED) is 0.600. The Bertz CT molecular complexity index is 657. The molecule has 3 N–H and O–H groups in total. The summed E-state index contributed by atoms with van der Waals surface area (Å²) in [6.45, 7) is 0. The Hall–Kier alpha value is -2.22. The van der Waals surface area contributed by atoms with Crippen LogP contribution in [0.25, 0.3) is 0 Å². The minimum atomic E-state index is 0.366. The fourth-order valence-corrected chi connectivity index (χ4v) is 3.58. The standard InChI is InChI=1S/C18H18N2/c19-13-10-8-12(9-11-13)18-16-6-3-5-14(16)15-4-1-2-7-17(15)20-18/h1-5,7-11,14,16,18,20H,6,19H2/t14-,16+,18-/m0/s1.